The highest BCUT2D eigenvalue weighted by molar-refractivity contribution is 6.02. The van der Waals surface area contributed by atoms with Gasteiger partial charge in [-0.25, -0.2) is 9.97 Å². The molecule has 6 nitrogen and oxygen atoms in total. The third kappa shape index (κ3) is 3.20. The number of methoxy groups -OCH3 is 1. The fourth-order valence-electron chi connectivity index (χ4n) is 4.23. The molecule has 0 aliphatic carbocycles. The Labute approximate surface area is 168 Å². The van der Waals surface area contributed by atoms with Gasteiger partial charge in [0.05, 0.1) is 12.5 Å². The van der Waals surface area contributed by atoms with Crippen molar-refractivity contribution in [3.05, 3.63) is 60.6 Å². The maximum Gasteiger partial charge on any atom is 0.167 e. The van der Waals surface area contributed by atoms with Crippen molar-refractivity contribution >= 4 is 33.4 Å². The Bertz CT molecular complexity index is 1200. The van der Waals surface area contributed by atoms with Crippen LogP contribution in [0.15, 0.2) is 55.0 Å². The van der Waals surface area contributed by atoms with Gasteiger partial charge in [0.15, 0.2) is 5.78 Å². The number of ketones is 1. The van der Waals surface area contributed by atoms with Gasteiger partial charge in [-0.3, -0.25) is 4.79 Å². The van der Waals surface area contributed by atoms with E-state index in [1.165, 1.54) is 0 Å². The molecule has 1 atom stereocenters. The molecule has 1 N–H and O–H groups in total. The van der Waals surface area contributed by atoms with E-state index in [1.807, 2.05) is 48.7 Å². The summed E-state index contributed by atoms with van der Waals surface area (Å²) in [6.45, 7) is 1.58. The lowest BCUT2D eigenvalue weighted by atomic mass is 9.89. The van der Waals surface area contributed by atoms with Gasteiger partial charge in [0.2, 0.25) is 0 Å². The molecule has 5 rings (SSSR count). The van der Waals surface area contributed by atoms with Gasteiger partial charge in [0, 0.05) is 30.8 Å². The Kier molecular flexibility index (Phi) is 4.39. The predicted molar refractivity (Wildman–Crippen MR) is 114 cm³/mol. The molecule has 2 aromatic heterocycles. The van der Waals surface area contributed by atoms with Crippen LogP contribution in [0.4, 0.5) is 5.82 Å². The van der Waals surface area contributed by atoms with Crippen molar-refractivity contribution in [2.24, 2.45) is 5.92 Å². The van der Waals surface area contributed by atoms with Gasteiger partial charge in [0.25, 0.3) is 0 Å². The summed E-state index contributed by atoms with van der Waals surface area (Å²) in [6.07, 6.45) is 5.32. The first-order chi connectivity index (χ1) is 14.2. The number of carbonyl (C=O) groups is 1. The van der Waals surface area contributed by atoms with Crippen molar-refractivity contribution in [1.29, 1.82) is 0 Å². The Morgan fingerprint density at radius 3 is 2.90 bits per heavy atom. The topological polar surface area (TPSA) is 71.1 Å². The maximum absolute atomic E-state index is 13.3. The number of rotatable bonds is 4. The zero-order chi connectivity index (χ0) is 19.8. The number of fused-ring (bicyclic) bond motifs is 2. The van der Waals surface area contributed by atoms with Gasteiger partial charge in [-0.05, 0) is 47.9 Å². The van der Waals surface area contributed by atoms with Crippen molar-refractivity contribution < 1.29 is 9.53 Å². The Balaban J connectivity index is 1.41. The van der Waals surface area contributed by atoms with Crippen molar-refractivity contribution in [2.45, 2.75) is 12.8 Å². The molecule has 0 amide bonds. The number of ether oxygens (including phenoxy) is 1. The molecule has 29 heavy (non-hydrogen) atoms. The molecule has 6 heteroatoms. The lowest BCUT2D eigenvalue weighted by Gasteiger charge is -2.33. The molecule has 0 radical (unpaired) electrons. The van der Waals surface area contributed by atoms with Crippen molar-refractivity contribution in [2.75, 3.05) is 25.1 Å². The molecule has 0 saturated carbocycles. The summed E-state index contributed by atoms with van der Waals surface area (Å²) >= 11 is 0. The van der Waals surface area contributed by atoms with Crippen LogP contribution in [0.25, 0.3) is 21.8 Å². The number of nitrogens with one attached hydrogen (secondary N) is 1. The van der Waals surface area contributed by atoms with E-state index < -0.39 is 0 Å². The molecule has 1 aliphatic rings. The van der Waals surface area contributed by atoms with Gasteiger partial charge in [-0.1, -0.05) is 18.2 Å². The van der Waals surface area contributed by atoms with Gasteiger partial charge in [-0.15, -0.1) is 0 Å². The summed E-state index contributed by atoms with van der Waals surface area (Å²) in [6, 6.07) is 13.8. The summed E-state index contributed by atoms with van der Waals surface area (Å²) in [5.41, 5.74) is 1.59. The Hall–Kier alpha value is -3.41. The van der Waals surface area contributed by atoms with Crippen LogP contribution in [0, 0.1) is 5.92 Å². The number of nitrogens with zero attached hydrogens (tertiary/aromatic N) is 3. The number of benzene rings is 2. The number of Topliss-reactive ketones (excluding diaryl/α,β-unsaturated/α-hetero) is 1. The van der Waals surface area contributed by atoms with Crippen LogP contribution in [0.5, 0.6) is 5.75 Å². The number of aromatic amines is 1. The van der Waals surface area contributed by atoms with Crippen molar-refractivity contribution in [3.8, 4) is 5.75 Å². The maximum atomic E-state index is 13.3. The number of hydrogen-bond donors (Lipinski definition) is 1. The van der Waals surface area contributed by atoms with E-state index >= 15 is 0 Å². The van der Waals surface area contributed by atoms with E-state index in [0.29, 0.717) is 6.54 Å². The molecule has 1 aliphatic heterocycles. The van der Waals surface area contributed by atoms with Gasteiger partial charge < -0.3 is 14.6 Å². The van der Waals surface area contributed by atoms with Gasteiger partial charge in [-0.2, -0.15) is 0 Å². The van der Waals surface area contributed by atoms with E-state index in [2.05, 4.69) is 19.9 Å². The fraction of sp³-hybridized carbons (Fsp3) is 0.261. The molecule has 3 heterocycles. The van der Waals surface area contributed by atoms with Crippen LogP contribution >= 0.6 is 0 Å². The summed E-state index contributed by atoms with van der Waals surface area (Å²) in [5, 5.41) is 3.12. The molecule has 2 aromatic carbocycles. The van der Waals surface area contributed by atoms with Crippen molar-refractivity contribution in [1.82, 2.24) is 15.0 Å². The molecule has 0 bridgehead atoms. The highest BCUT2D eigenvalue weighted by atomic mass is 16.5. The standard InChI is InChI=1S/C23H22N4O2/c1-29-19-7-6-15-11-17(5-4-16(15)12-19)21(28)18-3-2-10-27(13-18)23-20-8-9-24-22(20)25-14-26-23/h4-9,11-12,14,18H,2-3,10,13H2,1H3,(H,24,25,26)/t18-/m0/s1. The quantitative estimate of drug-likeness (QED) is 0.532. The molecular formula is C23H22N4O2. The summed E-state index contributed by atoms with van der Waals surface area (Å²) in [4.78, 5) is 27.4. The van der Waals surface area contributed by atoms with Crippen LogP contribution in [0.2, 0.25) is 0 Å². The summed E-state index contributed by atoms with van der Waals surface area (Å²) < 4.78 is 5.29. The van der Waals surface area contributed by atoms with E-state index in [-0.39, 0.29) is 11.7 Å². The van der Waals surface area contributed by atoms with Crippen LogP contribution in [0.3, 0.4) is 0 Å². The molecular weight excluding hydrogens is 364 g/mol. The lowest BCUT2D eigenvalue weighted by Crippen LogP contribution is -2.39. The number of piperidine rings is 1. The molecule has 4 aromatic rings. The zero-order valence-corrected chi connectivity index (χ0v) is 16.3. The first-order valence-electron chi connectivity index (χ1n) is 9.88. The largest absolute Gasteiger partial charge is 0.497 e. The van der Waals surface area contributed by atoms with Gasteiger partial charge >= 0.3 is 0 Å². The third-order valence-corrected chi connectivity index (χ3v) is 5.76. The van der Waals surface area contributed by atoms with Crippen LogP contribution < -0.4 is 9.64 Å². The molecule has 1 saturated heterocycles. The number of H-pyrrole nitrogens is 1. The molecule has 0 spiro atoms. The second kappa shape index (κ2) is 7.20. The van der Waals surface area contributed by atoms with Crippen LogP contribution in [-0.2, 0) is 0 Å². The number of carbonyl (C=O) groups excluding carboxylic acids is 1. The van der Waals surface area contributed by atoms with E-state index in [9.17, 15) is 4.79 Å². The normalized spacial score (nSPS) is 17.0. The monoisotopic (exact) mass is 386 g/mol. The first kappa shape index (κ1) is 17.7. The average molecular weight is 386 g/mol. The Morgan fingerprint density at radius 1 is 1.14 bits per heavy atom. The zero-order valence-electron chi connectivity index (χ0n) is 16.3. The second-order valence-electron chi connectivity index (χ2n) is 7.51. The lowest BCUT2D eigenvalue weighted by molar-refractivity contribution is 0.0907. The number of hydrogen-bond acceptors (Lipinski definition) is 5. The molecule has 1 fully saturated rings. The second-order valence-corrected chi connectivity index (χ2v) is 7.51. The average Bonchev–Trinajstić information content (AvgIpc) is 3.27. The Morgan fingerprint density at radius 2 is 2.00 bits per heavy atom. The number of aromatic nitrogens is 3. The van der Waals surface area contributed by atoms with Gasteiger partial charge in [0.1, 0.15) is 23.5 Å². The number of anilines is 1. The fourth-order valence-corrected chi connectivity index (χ4v) is 4.23. The summed E-state index contributed by atoms with van der Waals surface area (Å²) in [5.74, 6) is 1.88. The SMILES string of the molecule is COc1ccc2cc(C(=O)[C@H]3CCCN(c4ncnc5[nH]ccc45)C3)ccc2c1. The smallest absolute Gasteiger partial charge is 0.167 e. The summed E-state index contributed by atoms with van der Waals surface area (Å²) in [7, 11) is 1.66. The molecule has 0 unspecified atom stereocenters. The minimum atomic E-state index is -0.0385. The van der Waals surface area contributed by atoms with E-state index in [0.717, 1.165) is 58.3 Å². The minimum absolute atomic E-state index is 0.0385. The minimum Gasteiger partial charge on any atom is -0.497 e. The van der Waals surface area contributed by atoms with Crippen molar-refractivity contribution in [3.63, 3.8) is 0 Å². The highest BCUT2D eigenvalue weighted by Crippen LogP contribution is 2.29. The first-order valence-corrected chi connectivity index (χ1v) is 9.88. The van der Waals surface area contributed by atoms with E-state index in [1.54, 1.807) is 13.4 Å². The predicted octanol–water partition coefficient (Wildman–Crippen LogP) is 4.22. The molecule has 146 valence electrons. The highest BCUT2D eigenvalue weighted by Gasteiger charge is 2.28. The third-order valence-electron chi connectivity index (χ3n) is 5.76. The van der Waals surface area contributed by atoms with E-state index in [4.69, 9.17) is 4.74 Å². The van der Waals surface area contributed by atoms with Crippen LogP contribution in [-0.4, -0.2) is 40.9 Å². The van der Waals surface area contributed by atoms with Crippen LogP contribution in [0.1, 0.15) is 23.2 Å².